The number of hydrogen-bond donors (Lipinski definition) is 1. The Hall–Kier alpha value is -3.36. The van der Waals surface area contributed by atoms with Crippen molar-refractivity contribution in [2.45, 2.75) is 18.7 Å². The van der Waals surface area contributed by atoms with E-state index in [1.165, 1.54) is 28.6 Å². The van der Waals surface area contributed by atoms with E-state index < -0.39 is 28.5 Å². The lowest BCUT2D eigenvalue weighted by Crippen LogP contribution is -2.30. The summed E-state index contributed by atoms with van der Waals surface area (Å²) in [6.45, 7) is 3.25. The molecule has 0 aliphatic heterocycles. The molecule has 0 aliphatic rings. The first-order valence-corrected chi connectivity index (χ1v) is 11.9. The van der Waals surface area contributed by atoms with Crippen LogP contribution in [-0.2, 0) is 19.6 Å². The summed E-state index contributed by atoms with van der Waals surface area (Å²) in [5.74, 6) is -1.39. The number of halogens is 1. The molecule has 172 valence electrons. The molecule has 3 rings (SSSR count). The lowest BCUT2D eigenvalue weighted by Gasteiger charge is -2.23. The SMILES string of the molecule is CCN(c1ccccc1)S(=O)(=O)c1cccc(C(=O)OCC(=O)Nc2ccc(C)cc2Cl)c1. The first-order chi connectivity index (χ1) is 15.7. The van der Waals surface area contributed by atoms with Crippen molar-refractivity contribution < 1.29 is 22.7 Å². The van der Waals surface area contributed by atoms with Gasteiger partial charge in [0.1, 0.15) is 0 Å². The van der Waals surface area contributed by atoms with E-state index in [0.29, 0.717) is 16.4 Å². The number of carbonyl (C=O) groups is 2. The number of rotatable bonds is 8. The fourth-order valence-corrected chi connectivity index (χ4v) is 4.92. The number of carbonyl (C=O) groups excluding carboxylic acids is 2. The highest BCUT2D eigenvalue weighted by Crippen LogP contribution is 2.24. The average Bonchev–Trinajstić information content (AvgIpc) is 2.80. The minimum absolute atomic E-state index is 0.0151. The van der Waals surface area contributed by atoms with Gasteiger partial charge in [-0.1, -0.05) is 41.9 Å². The third-order valence-corrected chi connectivity index (χ3v) is 6.93. The van der Waals surface area contributed by atoms with Crippen LogP contribution in [0.4, 0.5) is 11.4 Å². The van der Waals surface area contributed by atoms with Gasteiger partial charge in [0.2, 0.25) is 0 Å². The van der Waals surface area contributed by atoms with E-state index in [9.17, 15) is 18.0 Å². The van der Waals surface area contributed by atoms with Gasteiger partial charge in [-0.05, 0) is 61.9 Å². The fourth-order valence-electron chi connectivity index (χ4n) is 3.12. The first-order valence-electron chi connectivity index (χ1n) is 10.1. The number of aryl methyl sites for hydroxylation is 1. The molecule has 0 radical (unpaired) electrons. The molecule has 7 nitrogen and oxygen atoms in total. The highest BCUT2D eigenvalue weighted by Gasteiger charge is 2.24. The maximum Gasteiger partial charge on any atom is 0.338 e. The number of nitrogens with one attached hydrogen (secondary N) is 1. The number of nitrogens with zero attached hydrogens (tertiary/aromatic N) is 1. The summed E-state index contributed by atoms with van der Waals surface area (Å²) in [6.07, 6.45) is 0. The molecule has 1 amide bonds. The molecule has 33 heavy (non-hydrogen) atoms. The van der Waals surface area contributed by atoms with Crippen LogP contribution in [-0.4, -0.2) is 33.4 Å². The zero-order chi connectivity index (χ0) is 24.0. The van der Waals surface area contributed by atoms with Crippen molar-refractivity contribution in [2.75, 3.05) is 22.8 Å². The van der Waals surface area contributed by atoms with Crippen LogP contribution in [0.25, 0.3) is 0 Å². The van der Waals surface area contributed by atoms with E-state index in [1.54, 1.807) is 55.5 Å². The van der Waals surface area contributed by atoms with Crippen molar-refractivity contribution in [2.24, 2.45) is 0 Å². The quantitative estimate of drug-likeness (QED) is 0.467. The van der Waals surface area contributed by atoms with Gasteiger partial charge in [-0.25, -0.2) is 13.2 Å². The number of esters is 1. The van der Waals surface area contributed by atoms with Crippen LogP contribution in [0.3, 0.4) is 0 Å². The molecule has 0 aromatic heterocycles. The van der Waals surface area contributed by atoms with Gasteiger partial charge in [-0.3, -0.25) is 9.10 Å². The monoisotopic (exact) mass is 486 g/mol. The van der Waals surface area contributed by atoms with E-state index in [1.807, 2.05) is 6.92 Å². The van der Waals surface area contributed by atoms with Crippen LogP contribution >= 0.6 is 11.6 Å². The Bertz CT molecular complexity index is 1260. The highest BCUT2D eigenvalue weighted by molar-refractivity contribution is 7.92. The molecule has 3 aromatic rings. The zero-order valence-electron chi connectivity index (χ0n) is 18.1. The third-order valence-electron chi connectivity index (χ3n) is 4.72. The van der Waals surface area contributed by atoms with Crippen LogP contribution in [0, 0.1) is 6.92 Å². The molecule has 9 heteroatoms. The topological polar surface area (TPSA) is 92.8 Å². The molecule has 3 aromatic carbocycles. The second-order valence-corrected chi connectivity index (χ2v) is 9.41. The predicted molar refractivity (Wildman–Crippen MR) is 128 cm³/mol. The molecule has 0 saturated carbocycles. The Labute approximate surface area is 198 Å². The van der Waals surface area contributed by atoms with E-state index >= 15 is 0 Å². The maximum absolute atomic E-state index is 13.2. The summed E-state index contributed by atoms with van der Waals surface area (Å²) in [5, 5.41) is 2.94. The van der Waals surface area contributed by atoms with Crippen LogP contribution in [0.5, 0.6) is 0 Å². The highest BCUT2D eigenvalue weighted by atomic mass is 35.5. The molecule has 1 N–H and O–H groups in total. The second-order valence-electron chi connectivity index (χ2n) is 7.14. The first kappa shape index (κ1) is 24.3. The van der Waals surface area contributed by atoms with E-state index in [0.717, 1.165) is 5.56 Å². The van der Waals surface area contributed by atoms with Gasteiger partial charge in [-0.2, -0.15) is 0 Å². The van der Waals surface area contributed by atoms with Gasteiger partial charge < -0.3 is 10.1 Å². The molecular formula is C24H23ClN2O5S. The minimum atomic E-state index is -3.91. The number of anilines is 2. The Kier molecular flexibility index (Phi) is 7.73. The second kappa shape index (κ2) is 10.5. The van der Waals surface area contributed by atoms with Crippen LogP contribution in [0.15, 0.2) is 77.7 Å². The smallest absolute Gasteiger partial charge is 0.338 e. The Morgan fingerprint density at radius 2 is 1.73 bits per heavy atom. The molecule has 0 unspecified atom stereocenters. The standard InChI is InChI=1S/C24H23ClN2O5S/c1-3-27(19-9-5-4-6-10-19)33(30,31)20-11-7-8-18(15-20)24(29)32-16-23(28)26-22-13-12-17(2)14-21(22)25/h4-15H,3,16H2,1-2H3,(H,26,28). The molecule has 0 bridgehead atoms. The summed E-state index contributed by atoms with van der Waals surface area (Å²) in [4.78, 5) is 24.6. The predicted octanol–water partition coefficient (Wildman–Crippen LogP) is 4.66. The van der Waals surface area contributed by atoms with Crippen molar-refractivity contribution in [3.63, 3.8) is 0 Å². The molecule has 0 aliphatic carbocycles. The summed E-state index contributed by atoms with van der Waals surface area (Å²) < 4.78 is 32.6. The maximum atomic E-state index is 13.2. The van der Waals surface area contributed by atoms with Crippen LogP contribution in [0.2, 0.25) is 5.02 Å². The molecule has 0 heterocycles. The van der Waals surface area contributed by atoms with Gasteiger partial charge in [-0.15, -0.1) is 0 Å². The zero-order valence-corrected chi connectivity index (χ0v) is 19.7. The largest absolute Gasteiger partial charge is 0.452 e. The summed E-state index contributed by atoms with van der Waals surface area (Å²) >= 11 is 6.09. The normalized spacial score (nSPS) is 11.0. The van der Waals surface area contributed by atoms with Crippen molar-refractivity contribution in [1.82, 2.24) is 0 Å². The van der Waals surface area contributed by atoms with Crippen LogP contribution in [0.1, 0.15) is 22.8 Å². The summed E-state index contributed by atoms with van der Waals surface area (Å²) in [6, 6.07) is 19.3. The van der Waals surface area contributed by atoms with Gasteiger partial charge in [0.25, 0.3) is 15.9 Å². The number of benzene rings is 3. The van der Waals surface area contributed by atoms with Gasteiger partial charge in [0, 0.05) is 6.54 Å². The number of hydrogen-bond acceptors (Lipinski definition) is 5. The van der Waals surface area contributed by atoms with Crippen molar-refractivity contribution in [1.29, 1.82) is 0 Å². The minimum Gasteiger partial charge on any atom is -0.452 e. The Morgan fingerprint density at radius 1 is 1.00 bits per heavy atom. The van der Waals surface area contributed by atoms with E-state index in [2.05, 4.69) is 5.32 Å². The third kappa shape index (κ3) is 5.91. The summed E-state index contributed by atoms with van der Waals surface area (Å²) in [7, 11) is -3.91. The van der Waals surface area contributed by atoms with Crippen LogP contribution < -0.4 is 9.62 Å². The molecule has 0 spiro atoms. The van der Waals surface area contributed by atoms with Crippen molar-refractivity contribution in [3.8, 4) is 0 Å². The summed E-state index contributed by atoms with van der Waals surface area (Å²) in [5.41, 5.74) is 1.87. The molecule has 0 saturated heterocycles. The van der Waals surface area contributed by atoms with Gasteiger partial charge >= 0.3 is 5.97 Å². The molecule has 0 fully saturated rings. The molecule has 0 atom stereocenters. The van der Waals surface area contributed by atoms with E-state index in [-0.39, 0.29) is 17.0 Å². The lowest BCUT2D eigenvalue weighted by atomic mass is 10.2. The Morgan fingerprint density at radius 3 is 2.39 bits per heavy atom. The van der Waals surface area contributed by atoms with Gasteiger partial charge in [0.15, 0.2) is 6.61 Å². The van der Waals surface area contributed by atoms with Gasteiger partial charge in [0.05, 0.1) is 26.9 Å². The fraction of sp³-hybridized carbons (Fsp3) is 0.167. The number of sulfonamides is 1. The number of amides is 1. The Balaban J connectivity index is 1.70. The molecular weight excluding hydrogens is 464 g/mol. The number of para-hydroxylation sites is 1. The number of ether oxygens (including phenoxy) is 1. The average molecular weight is 487 g/mol. The van der Waals surface area contributed by atoms with E-state index in [4.69, 9.17) is 16.3 Å². The van der Waals surface area contributed by atoms with Crippen molar-refractivity contribution in [3.05, 3.63) is 88.9 Å². The lowest BCUT2D eigenvalue weighted by molar-refractivity contribution is -0.119. The van der Waals surface area contributed by atoms with Crippen molar-refractivity contribution >= 4 is 44.9 Å².